The van der Waals surface area contributed by atoms with Gasteiger partial charge in [-0.3, -0.25) is 5.43 Å². The summed E-state index contributed by atoms with van der Waals surface area (Å²) in [6.45, 7) is 0. The summed E-state index contributed by atoms with van der Waals surface area (Å²) in [5.74, 6) is 5.71. The number of carbonyl (C=O) groups is 1. The van der Waals surface area contributed by atoms with Crippen molar-refractivity contribution in [3.63, 3.8) is 0 Å². The summed E-state index contributed by atoms with van der Waals surface area (Å²) >= 11 is 0. The predicted octanol–water partition coefficient (Wildman–Crippen LogP) is -1.94. The Bertz CT molecular complexity index is 276. The Hall–Kier alpha value is -1.50. The van der Waals surface area contributed by atoms with E-state index in [-0.39, 0.29) is 18.4 Å². The molecule has 7 heteroatoms. The van der Waals surface area contributed by atoms with Crippen LogP contribution >= 0.6 is 0 Å². The van der Waals surface area contributed by atoms with Gasteiger partial charge in [-0.15, -0.1) is 0 Å². The summed E-state index contributed by atoms with van der Waals surface area (Å²) in [6.07, 6.45) is -0.285. The minimum absolute atomic E-state index is 0.0395. The summed E-state index contributed by atoms with van der Waals surface area (Å²) < 4.78 is 0. The number of nitrogens with two attached hydrogens (primary N) is 1. The SMILES string of the molecule is CN1C(=O)N(C)[C@H]2NC(NN)=N[C@H]21. The Morgan fingerprint density at radius 1 is 1.54 bits per heavy atom. The first-order chi connectivity index (χ1) is 6.15. The van der Waals surface area contributed by atoms with Gasteiger partial charge in [-0.1, -0.05) is 0 Å². The smallest absolute Gasteiger partial charge is 0.323 e. The minimum Gasteiger partial charge on any atom is -0.331 e. The van der Waals surface area contributed by atoms with Crippen molar-refractivity contribution in [2.75, 3.05) is 14.1 Å². The molecule has 2 atom stereocenters. The third-order valence-electron chi connectivity index (χ3n) is 2.38. The molecule has 0 unspecified atom stereocenters. The molecule has 1 fully saturated rings. The average Bonchev–Trinajstić information content (AvgIpc) is 2.64. The Kier molecular flexibility index (Phi) is 1.56. The number of rotatable bonds is 0. The fourth-order valence-electron chi connectivity index (χ4n) is 1.61. The van der Waals surface area contributed by atoms with Crippen LogP contribution in [0, 0.1) is 0 Å². The van der Waals surface area contributed by atoms with Crippen LogP contribution in [0.25, 0.3) is 0 Å². The Labute approximate surface area is 75.5 Å². The molecule has 0 radical (unpaired) electrons. The van der Waals surface area contributed by atoms with Gasteiger partial charge in [0.25, 0.3) is 0 Å². The number of urea groups is 1. The number of carbonyl (C=O) groups excluding carboxylic acids is 1. The highest BCUT2D eigenvalue weighted by Gasteiger charge is 2.45. The van der Waals surface area contributed by atoms with Crippen molar-refractivity contribution in [3.8, 4) is 0 Å². The van der Waals surface area contributed by atoms with Crippen molar-refractivity contribution in [2.24, 2.45) is 10.8 Å². The highest BCUT2D eigenvalue weighted by atomic mass is 16.2. The van der Waals surface area contributed by atoms with Gasteiger partial charge >= 0.3 is 6.03 Å². The Morgan fingerprint density at radius 2 is 2.23 bits per heavy atom. The second-order valence-corrected chi connectivity index (χ2v) is 3.13. The number of guanidine groups is 1. The number of nitrogens with one attached hydrogen (secondary N) is 2. The molecule has 1 saturated heterocycles. The number of aliphatic imine (C=N–C) groups is 1. The number of hydrazine groups is 1. The molecular weight excluding hydrogens is 172 g/mol. The van der Waals surface area contributed by atoms with E-state index in [1.165, 1.54) is 0 Å². The zero-order chi connectivity index (χ0) is 9.59. The van der Waals surface area contributed by atoms with Crippen LogP contribution in [0.1, 0.15) is 0 Å². The van der Waals surface area contributed by atoms with Crippen LogP contribution in [0.2, 0.25) is 0 Å². The summed E-state index contributed by atoms with van der Waals surface area (Å²) in [6, 6.07) is -0.0395. The molecule has 2 amide bonds. The third-order valence-corrected chi connectivity index (χ3v) is 2.38. The number of likely N-dealkylation sites (N-methyl/N-ethyl adjacent to an activating group) is 2. The molecular formula is C6H12N6O. The number of hydrogen-bond acceptors (Lipinski definition) is 5. The van der Waals surface area contributed by atoms with Gasteiger partial charge in [0.15, 0.2) is 6.17 Å². The number of nitrogens with zero attached hydrogens (tertiary/aromatic N) is 3. The first kappa shape index (κ1) is 8.11. The second-order valence-electron chi connectivity index (χ2n) is 3.13. The van der Waals surface area contributed by atoms with E-state index in [2.05, 4.69) is 15.7 Å². The van der Waals surface area contributed by atoms with E-state index < -0.39 is 0 Å². The zero-order valence-electron chi connectivity index (χ0n) is 7.48. The molecule has 4 N–H and O–H groups in total. The van der Waals surface area contributed by atoms with Gasteiger partial charge in [0.2, 0.25) is 5.96 Å². The molecule has 2 rings (SSSR count). The second kappa shape index (κ2) is 2.49. The van der Waals surface area contributed by atoms with Crippen LogP contribution in [-0.2, 0) is 0 Å². The molecule has 0 aromatic heterocycles. The van der Waals surface area contributed by atoms with Crippen molar-refractivity contribution in [1.29, 1.82) is 0 Å². The van der Waals surface area contributed by atoms with Crippen LogP contribution in [0.3, 0.4) is 0 Å². The van der Waals surface area contributed by atoms with Crippen LogP contribution in [-0.4, -0.2) is 48.2 Å². The maximum atomic E-state index is 11.4. The van der Waals surface area contributed by atoms with Crippen LogP contribution in [0.5, 0.6) is 0 Å². The molecule has 13 heavy (non-hydrogen) atoms. The van der Waals surface area contributed by atoms with E-state index in [4.69, 9.17) is 5.84 Å². The Balaban J connectivity index is 2.23. The first-order valence-electron chi connectivity index (χ1n) is 3.95. The molecule has 0 aromatic carbocycles. The van der Waals surface area contributed by atoms with Gasteiger partial charge in [-0.25, -0.2) is 15.6 Å². The van der Waals surface area contributed by atoms with Crippen LogP contribution in [0.15, 0.2) is 4.99 Å². The van der Waals surface area contributed by atoms with Crippen molar-refractivity contribution in [2.45, 2.75) is 12.3 Å². The molecule has 2 heterocycles. The van der Waals surface area contributed by atoms with E-state index in [9.17, 15) is 4.79 Å². The number of hydrogen-bond donors (Lipinski definition) is 3. The molecule has 0 spiro atoms. The lowest BCUT2D eigenvalue weighted by Gasteiger charge is -2.16. The molecule has 7 nitrogen and oxygen atoms in total. The van der Waals surface area contributed by atoms with E-state index >= 15 is 0 Å². The van der Waals surface area contributed by atoms with Gasteiger partial charge in [-0.05, 0) is 0 Å². The maximum Gasteiger partial charge on any atom is 0.323 e. The van der Waals surface area contributed by atoms with E-state index in [0.29, 0.717) is 5.96 Å². The molecule has 0 saturated carbocycles. The lowest BCUT2D eigenvalue weighted by Crippen LogP contribution is -2.48. The van der Waals surface area contributed by atoms with E-state index in [0.717, 1.165) is 0 Å². The summed E-state index contributed by atoms with van der Waals surface area (Å²) in [7, 11) is 3.44. The normalized spacial score (nSPS) is 31.6. The van der Waals surface area contributed by atoms with Crippen LogP contribution < -0.4 is 16.6 Å². The zero-order valence-corrected chi connectivity index (χ0v) is 7.48. The van der Waals surface area contributed by atoms with Gasteiger partial charge in [0.05, 0.1) is 0 Å². The Morgan fingerprint density at radius 3 is 2.77 bits per heavy atom. The average molecular weight is 184 g/mol. The lowest BCUT2D eigenvalue weighted by molar-refractivity contribution is 0.198. The predicted molar refractivity (Wildman–Crippen MR) is 46.4 cm³/mol. The molecule has 2 aliphatic heterocycles. The monoisotopic (exact) mass is 184 g/mol. The number of fused-ring (bicyclic) bond motifs is 1. The summed E-state index contributed by atoms with van der Waals surface area (Å²) in [5.41, 5.74) is 2.42. The van der Waals surface area contributed by atoms with Gasteiger partial charge < -0.3 is 15.1 Å². The fraction of sp³-hybridized carbons (Fsp3) is 0.667. The molecule has 72 valence electrons. The highest BCUT2D eigenvalue weighted by molar-refractivity contribution is 5.86. The van der Waals surface area contributed by atoms with E-state index in [1.807, 2.05) is 0 Å². The van der Waals surface area contributed by atoms with Crippen molar-refractivity contribution < 1.29 is 4.79 Å². The van der Waals surface area contributed by atoms with Gasteiger partial charge in [0, 0.05) is 14.1 Å². The highest BCUT2D eigenvalue weighted by Crippen LogP contribution is 2.21. The van der Waals surface area contributed by atoms with E-state index in [1.54, 1.807) is 23.9 Å². The third kappa shape index (κ3) is 0.934. The van der Waals surface area contributed by atoms with Crippen molar-refractivity contribution in [1.82, 2.24) is 20.5 Å². The molecule has 0 aromatic rings. The standard InChI is InChI=1S/C6H12N6O/c1-11-3-4(12(2)6(11)13)9-5(8-3)10-7/h3-4H,7H2,1-2H3,(H2,8,9,10)/t3-,4+. The molecule has 0 aliphatic carbocycles. The van der Waals surface area contributed by atoms with Gasteiger partial charge in [0.1, 0.15) is 6.17 Å². The first-order valence-corrected chi connectivity index (χ1v) is 3.95. The largest absolute Gasteiger partial charge is 0.331 e. The fourth-order valence-corrected chi connectivity index (χ4v) is 1.61. The summed E-state index contributed by atoms with van der Waals surface area (Å²) in [5, 5.41) is 2.99. The summed E-state index contributed by atoms with van der Waals surface area (Å²) in [4.78, 5) is 18.8. The van der Waals surface area contributed by atoms with Crippen molar-refractivity contribution in [3.05, 3.63) is 0 Å². The van der Waals surface area contributed by atoms with Crippen LogP contribution in [0.4, 0.5) is 4.79 Å². The molecule has 2 aliphatic rings. The number of amides is 2. The van der Waals surface area contributed by atoms with Gasteiger partial charge in [-0.2, -0.15) is 0 Å². The topological polar surface area (TPSA) is 86.0 Å². The quantitative estimate of drug-likeness (QED) is 0.302. The lowest BCUT2D eigenvalue weighted by atomic mass is 10.4. The maximum absolute atomic E-state index is 11.4. The van der Waals surface area contributed by atoms with Crippen molar-refractivity contribution >= 4 is 12.0 Å². The minimum atomic E-state index is -0.177. The molecule has 0 bridgehead atoms.